The molecule has 1 atom stereocenters. The molecule has 4 heteroatoms. The van der Waals surface area contributed by atoms with E-state index in [0.29, 0.717) is 12.5 Å². The molecule has 1 unspecified atom stereocenters. The molecule has 2 aromatic rings. The molecule has 2 heterocycles. The summed E-state index contributed by atoms with van der Waals surface area (Å²) in [5.74, 6) is 1.72. The molecule has 1 aliphatic heterocycles. The lowest BCUT2D eigenvalue weighted by molar-refractivity contribution is 0.549. The van der Waals surface area contributed by atoms with Crippen LogP contribution in [0.5, 0.6) is 0 Å². The van der Waals surface area contributed by atoms with Crippen LogP contribution in [-0.4, -0.2) is 15.5 Å². The van der Waals surface area contributed by atoms with Gasteiger partial charge in [-0.15, -0.1) is 11.8 Å². The first-order valence-electron chi connectivity index (χ1n) is 5.80. The summed E-state index contributed by atoms with van der Waals surface area (Å²) in [7, 11) is 0. The highest BCUT2D eigenvalue weighted by atomic mass is 32.2. The largest absolute Gasteiger partial charge is 0.326 e. The minimum Gasteiger partial charge on any atom is -0.326 e. The molecule has 0 amide bonds. The van der Waals surface area contributed by atoms with Crippen molar-refractivity contribution in [1.82, 2.24) is 9.78 Å². The number of hydrogen-bond donors (Lipinski definition) is 1. The molecule has 1 aliphatic rings. The van der Waals surface area contributed by atoms with E-state index in [1.165, 1.54) is 10.5 Å². The Labute approximate surface area is 105 Å². The van der Waals surface area contributed by atoms with E-state index >= 15 is 0 Å². The van der Waals surface area contributed by atoms with Crippen molar-refractivity contribution >= 4 is 11.8 Å². The summed E-state index contributed by atoms with van der Waals surface area (Å²) in [6.07, 6.45) is 3.90. The highest BCUT2D eigenvalue weighted by Gasteiger charge is 2.23. The first-order valence-corrected chi connectivity index (χ1v) is 6.78. The summed E-state index contributed by atoms with van der Waals surface area (Å²) in [4.78, 5) is 1.42. The number of aromatic nitrogens is 2. The van der Waals surface area contributed by atoms with E-state index in [-0.39, 0.29) is 0 Å². The van der Waals surface area contributed by atoms with Crippen LogP contribution in [0, 0.1) is 0 Å². The minimum atomic E-state index is 0.565. The molecular weight excluding hydrogens is 230 g/mol. The molecule has 1 aromatic carbocycles. The Morgan fingerprint density at radius 1 is 1.41 bits per heavy atom. The molecule has 0 fully saturated rings. The molecular formula is C13H15N3S. The lowest BCUT2D eigenvalue weighted by Gasteiger charge is -2.10. The normalized spacial score (nSPS) is 18.3. The van der Waals surface area contributed by atoms with Crippen molar-refractivity contribution in [2.75, 3.05) is 5.75 Å². The fraction of sp³-hybridized carbons (Fsp3) is 0.308. The molecule has 0 radical (unpaired) electrons. The van der Waals surface area contributed by atoms with Crippen molar-refractivity contribution in [1.29, 1.82) is 0 Å². The topological polar surface area (TPSA) is 43.8 Å². The monoisotopic (exact) mass is 245 g/mol. The Bertz CT molecular complexity index is 521. The summed E-state index contributed by atoms with van der Waals surface area (Å²) >= 11 is 1.94. The number of hydrogen-bond acceptors (Lipinski definition) is 3. The van der Waals surface area contributed by atoms with E-state index in [0.717, 1.165) is 17.9 Å². The van der Waals surface area contributed by atoms with E-state index in [1.54, 1.807) is 0 Å². The van der Waals surface area contributed by atoms with Gasteiger partial charge in [0.1, 0.15) is 0 Å². The predicted octanol–water partition coefficient (Wildman–Crippen LogP) is 2.23. The maximum atomic E-state index is 5.59. The lowest BCUT2D eigenvalue weighted by atomic mass is 10.0. The van der Waals surface area contributed by atoms with Gasteiger partial charge in [0.15, 0.2) is 0 Å². The van der Waals surface area contributed by atoms with Gasteiger partial charge in [-0.25, -0.2) is 0 Å². The summed E-state index contributed by atoms with van der Waals surface area (Å²) in [6.45, 7) is 1.51. The van der Waals surface area contributed by atoms with Crippen LogP contribution in [0.4, 0.5) is 0 Å². The van der Waals surface area contributed by atoms with Crippen LogP contribution in [0.25, 0.3) is 0 Å². The molecule has 0 saturated heterocycles. The van der Waals surface area contributed by atoms with Crippen LogP contribution in [0.2, 0.25) is 0 Å². The number of thioether (sulfide) groups is 1. The van der Waals surface area contributed by atoms with Crippen molar-refractivity contribution in [3.8, 4) is 0 Å². The van der Waals surface area contributed by atoms with Gasteiger partial charge >= 0.3 is 0 Å². The van der Waals surface area contributed by atoms with Crippen LogP contribution >= 0.6 is 11.8 Å². The van der Waals surface area contributed by atoms with Gasteiger partial charge in [0, 0.05) is 41.4 Å². The Morgan fingerprint density at radius 2 is 2.29 bits per heavy atom. The zero-order valence-corrected chi connectivity index (χ0v) is 10.4. The maximum Gasteiger partial charge on any atom is 0.0534 e. The predicted molar refractivity (Wildman–Crippen MR) is 70.0 cm³/mol. The fourth-order valence-corrected chi connectivity index (χ4v) is 3.46. The Hall–Kier alpha value is -1.26. The number of rotatable bonds is 3. The van der Waals surface area contributed by atoms with Crippen molar-refractivity contribution in [3.63, 3.8) is 0 Å². The smallest absolute Gasteiger partial charge is 0.0534 e. The molecule has 2 N–H and O–H groups in total. The second-order valence-electron chi connectivity index (χ2n) is 4.32. The number of nitrogens with two attached hydrogens (primary N) is 1. The lowest BCUT2D eigenvalue weighted by Crippen LogP contribution is -2.09. The van der Waals surface area contributed by atoms with Gasteiger partial charge in [-0.05, 0) is 11.6 Å². The quantitative estimate of drug-likeness (QED) is 0.902. The van der Waals surface area contributed by atoms with Crippen LogP contribution in [0.3, 0.4) is 0 Å². The van der Waals surface area contributed by atoms with Gasteiger partial charge in [-0.3, -0.25) is 4.68 Å². The number of fused-ring (bicyclic) bond motifs is 1. The molecule has 3 nitrogen and oxygen atoms in total. The molecule has 0 bridgehead atoms. The van der Waals surface area contributed by atoms with E-state index in [4.69, 9.17) is 5.73 Å². The van der Waals surface area contributed by atoms with Gasteiger partial charge in [0.2, 0.25) is 0 Å². The van der Waals surface area contributed by atoms with Gasteiger partial charge < -0.3 is 5.73 Å². The third kappa shape index (κ3) is 2.10. The van der Waals surface area contributed by atoms with Crippen molar-refractivity contribution in [3.05, 3.63) is 47.8 Å². The maximum absolute atomic E-state index is 5.59. The second-order valence-corrected chi connectivity index (χ2v) is 5.38. The number of benzene rings is 1. The molecule has 17 heavy (non-hydrogen) atoms. The van der Waals surface area contributed by atoms with Crippen molar-refractivity contribution in [2.45, 2.75) is 23.9 Å². The van der Waals surface area contributed by atoms with Crippen LogP contribution in [0.1, 0.15) is 17.0 Å². The average molecular weight is 245 g/mol. The van der Waals surface area contributed by atoms with Crippen LogP contribution in [-0.2, 0) is 13.1 Å². The van der Waals surface area contributed by atoms with Gasteiger partial charge in [0.25, 0.3) is 0 Å². The zero-order chi connectivity index (χ0) is 11.7. The molecule has 0 aliphatic carbocycles. The van der Waals surface area contributed by atoms with Gasteiger partial charge in [-0.1, -0.05) is 18.2 Å². The Kier molecular flexibility index (Phi) is 2.91. The first-order chi connectivity index (χ1) is 8.36. The third-order valence-electron chi connectivity index (χ3n) is 3.13. The van der Waals surface area contributed by atoms with E-state index < -0.39 is 0 Å². The molecule has 1 aromatic heterocycles. The highest BCUT2D eigenvalue weighted by molar-refractivity contribution is 7.99. The van der Waals surface area contributed by atoms with Crippen LogP contribution in [0.15, 0.2) is 41.6 Å². The number of nitrogens with zero attached hydrogens (tertiary/aromatic N) is 2. The van der Waals surface area contributed by atoms with Gasteiger partial charge in [-0.2, -0.15) is 5.10 Å². The fourth-order valence-electron chi connectivity index (χ4n) is 2.22. The molecule has 0 saturated carbocycles. The standard InChI is InChI=1S/C13H15N3S/c14-5-10-6-15-16(7-10)8-11-9-17-13-4-2-1-3-12(11)13/h1-4,6-7,11H,5,8-9,14H2. The Balaban J connectivity index is 1.79. The van der Waals surface area contributed by atoms with Gasteiger partial charge in [0.05, 0.1) is 6.20 Å². The van der Waals surface area contributed by atoms with E-state index in [2.05, 4.69) is 29.4 Å². The average Bonchev–Trinajstić information content (AvgIpc) is 2.97. The van der Waals surface area contributed by atoms with Crippen molar-refractivity contribution in [2.24, 2.45) is 5.73 Å². The third-order valence-corrected chi connectivity index (χ3v) is 4.38. The minimum absolute atomic E-state index is 0.565. The summed E-state index contributed by atoms with van der Waals surface area (Å²) < 4.78 is 2.01. The molecule has 88 valence electrons. The zero-order valence-electron chi connectivity index (χ0n) is 9.54. The van der Waals surface area contributed by atoms with Crippen molar-refractivity contribution < 1.29 is 0 Å². The SMILES string of the molecule is NCc1cnn(CC2CSc3ccccc32)c1. The molecule has 0 spiro atoms. The first kappa shape index (κ1) is 10.9. The Morgan fingerprint density at radius 3 is 3.12 bits per heavy atom. The summed E-state index contributed by atoms with van der Waals surface area (Å²) in [6, 6.07) is 8.66. The van der Waals surface area contributed by atoms with Crippen LogP contribution < -0.4 is 5.73 Å². The highest BCUT2D eigenvalue weighted by Crippen LogP contribution is 2.39. The summed E-state index contributed by atoms with van der Waals surface area (Å²) in [5, 5.41) is 4.35. The van der Waals surface area contributed by atoms with E-state index in [1.807, 2.05) is 28.8 Å². The second kappa shape index (κ2) is 4.55. The van der Waals surface area contributed by atoms with E-state index in [9.17, 15) is 0 Å². The summed E-state index contributed by atoms with van der Waals surface area (Å²) in [5.41, 5.74) is 8.15. The molecule has 3 rings (SSSR count).